The zero-order valence-electron chi connectivity index (χ0n) is 15.9. The molecule has 150 valence electrons. The number of fused-ring (bicyclic) bond motifs is 1. The van der Waals surface area contributed by atoms with Crippen LogP contribution in [0.1, 0.15) is 34.5 Å². The van der Waals surface area contributed by atoms with Crippen molar-refractivity contribution >= 4 is 28.5 Å². The highest BCUT2D eigenvalue weighted by atomic mass is 35.5. The Labute approximate surface area is 176 Å². The lowest BCUT2D eigenvalue weighted by Gasteiger charge is -2.18. The summed E-state index contributed by atoms with van der Waals surface area (Å²) in [5.41, 5.74) is 1.04. The Morgan fingerprint density at radius 1 is 1.07 bits per heavy atom. The van der Waals surface area contributed by atoms with Crippen LogP contribution in [0, 0.1) is 5.82 Å². The molecule has 0 bridgehead atoms. The molecule has 4 aromatic rings. The number of rotatable bonds is 4. The average Bonchev–Trinajstić information content (AvgIpc) is 2.72. The highest BCUT2D eigenvalue weighted by Crippen LogP contribution is 2.36. The molecule has 0 unspecified atom stereocenters. The van der Waals surface area contributed by atoms with Crippen molar-refractivity contribution in [2.45, 2.75) is 12.8 Å². The van der Waals surface area contributed by atoms with Crippen LogP contribution in [0.25, 0.3) is 22.1 Å². The van der Waals surface area contributed by atoms with Gasteiger partial charge in [0.15, 0.2) is 0 Å². The lowest BCUT2D eigenvalue weighted by Crippen LogP contribution is -2.13. The van der Waals surface area contributed by atoms with E-state index >= 15 is 0 Å². The van der Waals surface area contributed by atoms with E-state index in [4.69, 9.17) is 16.0 Å². The highest BCUT2D eigenvalue weighted by molar-refractivity contribution is 6.30. The van der Waals surface area contributed by atoms with Gasteiger partial charge in [-0.2, -0.15) is 0 Å². The van der Waals surface area contributed by atoms with Gasteiger partial charge in [0.05, 0.1) is 16.5 Å². The summed E-state index contributed by atoms with van der Waals surface area (Å²) >= 11 is 6.12. The van der Waals surface area contributed by atoms with E-state index in [2.05, 4.69) is 0 Å². The van der Waals surface area contributed by atoms with Gasteiger partial charge in [-0.15, -0.1) is 0 Å². The second-order valence-corrected chi connectivity index (χ2v) is 7.37. The predicted molar refractivity (Wildman–Crippen MR) is 114 cm³/mol. The summed E-state index contributed by atoms with van der Waals surface area (Å²) in [6.07, 6.45) is 0. The van der Waals surface area contributed by atoms with Gasteiger partial charge in [0.2, 0.25) is 5.43 Å². The van der Waals surface area contributed by atoms with Gasteiger partial charge in [-0.1, -0.05) is 42.8 Å². The van der Waals surface area contributed by atoms with Crippen LogP contribution in [-0.2, 0) is 0 Å². The number of hydrogen-bond acceptors (Lipinski definition) is 3. The van der Waals surface area contributed by atoms with Gasteiger partial charge in [0.1, 0.15) is 17.2 Å². The van der Waals surface area contributed by atoms with Crippen LogP contribution in [0.4, 0.5) is 4.39 Å². The van der Waals surface area contributed by atoms with Crippen molar-refractivity contribution in [2.24, 2.45) is 0 Å². The first-order valence-electron chi connectivity index (χ1n) is 9.21. The van der Waals surface area contributed by atoms with Gasteiger partial charge in [-0.25, -0.2) is 9.18 Å². The molecule has 0 aliphatic heterocycles. The molecule has 0 radical (unpaired) electrons. The minimum Gasteiger partial charge on any atom is -0.478 e. The van der Waals surface area contributed by atoms with Crippen LogP contribution in [0.3, 0.4) is 0 Å². The van der Waals surface area contributed by atoms with Crippen molar-refractivity contribution in [1.82, 2.24) is 0 Å². The third-order valence-electron chi connectivity index (χ3n) is 5.04. The molecule has 1 atom stereocenters. The molecular formula is C24H16ClFO4. The fourth-order valence-corrected chi connectivity index (χ4v) is 3.79. The highest BCUT2D eigenvalue weighted by Gasteiger charge is 2.25. The lowest BCUT2D eigenvalue weighted by atomic mass is 9.88. The number of halogens is 2. The number of carboxylic acids is 1. The molecule has 0 aliphatic carbocycles. The normalized spacial score (nSPS) is 12.1. The van der Waals surface area contributed by atoms with Crippen molar-refractivity contribution in [2.75, 3.05) is 0 Å². The summed E-state index contributed by atoms with van der Waals surface area (Å²) in [4.78, 5) is 25.1. The molecule has 0 aliphatic rings. The smallest absolute Gasteiger partial charge is 0.335 e. The molecule has 3 aromatic carbocycles. The van der Waals surface area contributed by atoms with Crippen LogP contribution in [0.2, 0.25) is 5.02 Å². The van der Waals surface area contributed by atoms with Crippen LogP contribution < -0.4 is 5.43 Å². The molecule has 0 saturated carbocycles. The maximum atomic E-state index is 13.9. The number of hydrogen-bond donors (Lipinski definition) is 1. The predicted octanol–water partition coefficient (Wildman–Crippen LogP) is 6.10. The molecule has 6 heteroatoms. The SMILES string of the molecule is C[C@H](c1cc(Cl)ccc1C(=O)O)c1oc2ccccc2c(=O)c1-c1cccc(F)c1. The van der Waals surface area contributed by atoms with E-state index in [1.54, 1.807) is 43.3 Å². The Hall–Kier alpha value is -3.44. The fraction of sp³-hybridized carbons (Fsp3) is 0.0833. The Balaban J connectivity index is 2.06. The van der Waals surface area contributed by atoms with Gasteiger partial charge in [0.25, 0.3) is 0 Å². The van der Waals surface area contributed by atoms with Gasteiger partial charge in [0, 0.05) is 10.9 Å². The first-order chi connectivity index (χ1) is 14.4. The van der Waals surface area contributed by atoms with Gasteiger partial charge in [-0.3, -0.25) is 4.79 Å². The number of benzene rings is 3. The molecule has 0 spiro atoms. The quantitative estimate of drug-likeness (QED) is 0.431. The molecule has 1 N–H and O–H groups in total. The number of para-hydroxylation sites is 1. The number of carbonyl (C=O) groups is 1. The lowest BCUT2D eigenvalue weighted by molar-refractivity contribution is 0.0695. The maximum absolute atomic E-state index is 13.9. The van der Waals surface area contributed by atoms with Crippen LogP contribution >= 0.6 is 11.6 Å². The Bertz CT molecular complexity index is 1340. The summed E-state index contributed by atoms with van der Waals surface area (Å²) < 4.78 is 20.0. The molecular weight excluding hydrogens is 407 g/mol. The third kappa shape index (κ3) is 3.48. The first-order valence-corrected chi connectivity index (χ1v) is 9.59. The van der Waals surface area contributed by atoms with Crippen LogP contribution in [0.5, 0.6) is 0 Å². The van der Waals surface area contributed by atoms with Crippen molar-refractivity contribution in [3.05, 3.63) is 105 Å². The number of aromatic carboxylic acids is 1. The fourth-order valence-electron chi connectivity index (χ4n) is 3.61. The van der Waals surface area contributed by atoms with Gasteiger partial charge < -0.3 is 9.52 Å². The van der Waals surface area contributed by atoms with E-state index in [-0.39, 0.29) is 22.3 Å². The van der Waals surface area contributed by atoms with E-state index in [0.717, 1.165) is 0 Å². The monoisotopic (exact) mass is 422 g/mol. The standard InChI is InChI=1S/C24H16ClFO4/c1-13(19-12-15(25)9-10-17(19)24(28)29)23-21(14-5-4-6-16(26)11-14)22(27)18-7-2-3-8-20(18)30-23/h2-13H,1H3,(H,28,29)/t13-/m1/s1. The Kier molecular flexibility index (Phi) is 5.14. The summed E-state index contributed by atoms with van der Waals surface area (Å²) in [5, 5.41) is 10.3. The Morgan fingerprint density at radius 3 is 2.57 bits per heavy atom. The van der Waals surface area contributed by atoms with E-state index in [0.29, 0.717) is 27.1 Å². The third-order valence-corrected chi connectivity index (χ3v) is 5.28. The second kappa shape index (κ2) is 7.76. The van der Waals surface area contributed by atoms with Crippen molar-refractivity contribution in [3.63, 3.8) is 0 Å². The average molecular weight is 423 g/mol. The van der Waals surface area contributed by atoms with E-state index in [9.17, 15) is 19.1 Å². The molecule has 1 heterocycles. The summed E-state index contributed by atoms with van der Waals surface area (Å²) in [6.45, 7) is 1.73. The molecule has 4 rings (SSSR count). The molecule has 0 saturated heterocycles. The van der Waals surface area contributed by atoms with E-state index in [1.165, 1.54) is 30.3 Å². The topological polar surface area (TPSA) is 67.5 Å². The Morgan fingerprint density at radius 2 is 1.83 bits per heavy atom. The van der Waals surface area contributed by atoms with Crippen LogP contribution in [-0.4, -0.2) is 11.1 Å². The molecule has 0 amide bonds. The molecule has 30 heavy (non-hydrogen) atoms. The first kappa shape index (κ1) is 19.9. The molecule has 4 nitrogen and oxygen atoms in total. The summed E-state index contributed by atoms with van der Waals surface area (Å²) in [5.74, 6) is -2.00. The van der Waals surface area contributed by atoms with Crippen molar-refractivity contribution < 1.29 is 18.7 Å². The summed E-state index contributed by atoms with van der Waals surface area (Å²) in [6, 6.07) is 16.9. The largest absolute Gasteiger partial charge is 0.478 e. The zero-order valence-corrected chi connectivity index (χ0v) is 16.6. The van der Waals surface area contributed by atoms with Gasteiger partial charge >= 0.3 is 5.97 Å². The number of carboxylic acid groups (broad SMARTS) is 1. The summed E-state index contributed by atoms with van der Waals surface area (Å²) in [7, 11) is 0. The van der Waals surface area contributed by atoms with E-state index < -0.39 is 17.7 Å². The van der Waals surface area contributed by atoms with Crippen LogP contribution in [0.15, 0.2) is 75.9 Å². The zero-order chi connectivity index (χ0) is 21.4. The van der Waals surface area contributed by atoms with Gasteiger partial charge in [-0.05, 0) is 53.6 Å². The molecule has 1 aromatic heterocycles. The van der Waals surface area contributed by atoms with E-state index in [1.807, 2.05) is 0 Å². The van der Waals surface area contributed by atoms with Crippen molar-refractivity contribution in [1.29, 1.82) is 0 Å². The molecule has 0 fully saturated rings. The second-order valence-electron chi connectivity index (χ2n) is 6.94. The minimum atomic E-state index is -1.12. The van der Waals surface area contributed by atoms with Crippen molar-refractivity contribution in [3.8, 4) is 11.1 Å². The maximum Gasteiger partial charge on any atom is 0.335 e. The minimum absolute atomic E-state index is 0.0490.